The molecule has 0 aliphatic heterocycles. The van der Waals surface area contributed by atoms with Gasteiger partial charge in [-0.05, 0) is 30.3 Å². The Morgan fingerprint density at radius 1 is 1.14 bits per heavy atom. The number of hydrogen-bond acceptors (Lipinski definition) is 7. The molecule has 0 aliphatic carbocycles. The van der Waals surface area contributed by atoms with Crippen LogP contribution in [0.5, 0.6) is 0 Å². The van der Waals surface area contributed by atoms with Crippen molar-refractivity contribution >= 4 is 22.6 Å². The normalized spacial score (nSPS) is 11.3. The lowest BCUT2D eigenvalue weighted by Gasteiger charge is -2.05. The lowest BCUT2D eigenvalue weighted by atomic mass is 10.3. The number of likely N-dealkylation sites (N-methyl/N-ethyl adjacent to an activating group) is 1. The molecule has 5 rings (SSSR count). The molecule has 28 heavy (non-hydrogen) atoms. The van der Waals surface area contributed by atoms with Crippen LogP contribution in [-0.2, 0) is 11.2 Å². The number of pyridine rings is 1. The predicted molar refractivity (Wildman–Crippen MR) is 98.6 cm³/mol. The van der Waals surface area contributed by atoms with Crippen molar-refractivity contribution < 1.29 is 4.79 Å². The summed E-state index contributed by atoms with van der Waals surface area (Å²) in [5, 5.41) is 20.3. The van der Waals surface area contributed by atoms with E-state index in [4.69, 9.17) is 0 Å². The molecule has 0 spiro atoms. The largest absolute Gasteiger partial charge is 0.359 e. The van der Waals surface area contributed by atoms with E-state index in [-0.39, 0.29) is 12.3 Å². The number of aromatic amines is 1. The van der Waals surface area contributed by atoms with Crippen LogP contribution < -0.4 is 5.32 Å². The monoisotopic (exact) mass is 374 g/mol. The molecule has 11 nitrogen and oxygen atoms in total. The molecule has 138 valence electrons. The molecule has 5 heterocycles. The van der Waals surface area contributed by atoms with Crippen molar-refractivity contribution in [2.45, 2.75) is 6.42 Å². The van der Waals surface area contributed by atoms with Crippen LogP contribution in [-0.4, -0.2) is 57.5 Å². The summed E-state index contributed by atoms with van der Waals surface area (Å²) in [5.74, 6) is 1.17. The topological polar surface area (TPSA) is 132 Å². The number of H-pyrrole nitrogens is 1. The zero-order valence-electron chi connectivity index (χ0n) is 14.7. The van der Waals surface area contributed by atoms with Gasteiger partial charge in [0.15, 0.2) is 23.1 Å². The molecule has 0 radical (unpaired) electrons. The molecule has 0 atom stereocenters. The predicted octanol–water partition coefficient (Wildman–Crippen LogP) is 0.537. The molecule has 11 heteroatoms. The molecule has 0 bridgehead atoms. The lowest BCUT2D eigenvalue weighted by Crippen LogP contribution is -2.20. The number of amides is 1. The maximum atomic E-state index is 11.8. The molecule has 0 unspecified atom stereocenters. The van der Waals surface area contributed by atoms with E-state index in [1.807, 2.05) is 24.4 Å². The fourth-order valence-electron chi connectivity index (χ4n) is 2.87. The number of carbonyl (C=O) groups excluding carboxylic acids is 1. The fourth-order valence-corrected chi connectivity index (χ4v) is 2.87. The minimum Gasteiger partial charge on any atom is -0.359 e. The summed E-state index contributed by atoms with van der Waals surface area (Å²) in [6, 6.07) is 9.29. The van der Waals surface area contributed by atoms with Gasteiger partial charge in [0.1, 0.15) is 17.7 Å². The zero-order valence-corrected chi connectivity index (χ0v) is 14.7. The third-order valence-corrected chi connectivity index (χ3v) is 4.25. The van der Waals surface area contributed by atoms with Crippen LogP contribution in [0, 0.1) is 0 Å². The van der Waals surface area contributed by atoms with Gasteiger partial charge in [0.05, 0.1) is 6.42 Å². The Balaban J connectivity index is 1.67. The molecule has 5 aromatic heterocycles. The first kappa shape index (κ1) is 16.1. The highest BCUT2D eigenvalue weighted by molar-refractivity contribution is 5.79. The first-order valence-corrected chi connectivity index (χ1v) is 8.50. The first-order chi connectivity index (χ1) is 13.7. The Kier molecular flexibility index (Phi) is 3.57. The van der Waals surface area contributed by atoms with Crippen molar-refractivity contribution in [3.63, 3.8) is 0 Å². The lowest BCUT2D eigenvalue weighted by molar-refractivity contribution is -0.120. The third-order valence-electron chi connectivity index (χ3n) is 4.25. The van der Waals surface area contributed by atoms with E-state index in [0.717, 1.165) is 11.0 Å². The molecule has 0 fully saturated rings. The molecule has 0 saturated carbocycles. The average Bonchev–Trinajstić information content (AvgIpc) is 3.45. The van der Waals surface area contributed by atoms with Crippen molar-refractivity contribution in [2.75, 3.05) is 7.05 Å². The maximum Gasteiger partial charge on any atom is 0.227 e. The second-order valence-corrected chi connectivity index (χ2v) is 6.05. The minimum atomic E-state index is -0.182. The van der Waals surface area contributed by atoms with Gasteiger partial charge in [-0.2, -0.15) is 9.20 Å². The van der Waals surface area contributed by atoms with Gasteiger partial charge in [0, 0.05) is 18.6 Å². The van der Waals surface area contributed by atoms with Gasteiger partial charge < -0.3 is 10.3 Å². The highest BCUT2D eigenvalue weighted by atomic mass is 16.1. The molecule has 1 amide bonds. The summed E-state index contributed by atoms with van der Waals surface area (Å²) in [6.45, 7) is 0. The highest BCUT2D eigenvalue weighted by Gasteiger charge is 2.18. The number of hydrogen-bond donors (Lipinski definition) is 2. The molecule has 0 aromatic carbocycles. The van der Waals surface area contributed by atoms with Gasteiger partial charge >= 0.3 is 0 Å². The molecule has 0 saturated heterocycles. The number of nitrogens with one attached hydrogen (secondary N) is 2. The molecule has 5 aromatic rings. The van der Waals surface area contributed by atoms with Crippen LogP contribution in [0.25, 0.3) is 34.0 Å². The van der Waals surface area contributed by atoms with Crippen LogP contribution in [0.4, 0.5) is 0 Å². The summed E-state index contributed by atoms with van der Waals surface area (Å²) in [4.78, 5) is 24.0. The highest BCUT2D eigenvalue weighted by Crippen LogP contribution is 2.21. The Morgan fingerprint density at radius 3 is 2.96 bits per heavy atom. The summed E-state index contributed by atoms with van der Waals surface area (Å²) < 4.78 is 3.11. The smallest absolute Gasteiger partial charge is 0.227 e. The number of rotatable bonds is 4. The SMILES string of the molecule is CNC(=O)Cc1nc(-c2ccc3cc[nH]c3n2)n(-c2ccc3nncn3n2)n1. The first-order valence-electron chi connectivity index (χ1n) is 8.50. The second kappa shape index (κ2) is 6.23. The summed E-state index contributed by atoms with van der Waals surface area (Å²) in [7, 11) is 1.57. The van der Waals surface area contributed by atoms with Crippen molar-refractivity contribution in [1.82, 2.24) is 49.9 Å². The quantitative estimate of drug-likeness (QED) is 0.469. The third kappa shape index (κ3) is 2.65. The van der Waals surface area contributed by atoms with E-state index < -0.39 is 0 Å². The van der Waals surface area contributed by atoms with Gasteiger partial charge in [-0.15, -0.1) is 20.4 Å². The van der Waals surface area contributed by atoms with Crippen LogP contribution in [0.1, 0.15) is 5.82 Å². The summed E-state index contributed by atoms with van der Waals surface area (Å²) in [6.07, 6.45) is 3.38. The molecule has 2 N–H and O–H groups in total. The molecule has 0 aliphatic rings. The van der Waals surface area contributed by atoms with Crippen molar-refractivity contribution in [3.05, 3.63) is 48.7 Å². The number of fused-ring (bicyclic) bond motifs is 2. The van der Waals surface area contributed by atoms with E-state index in [9.17, 15) is 4.79 Å². The molecular formula is C17H14N10O. The van der Waals surface area contributed by atoms with Gasteiger partial charge in [0.25, 0.3) is 0 Å². The van der Waals surface area contributed by atoms with Crippen LogP contribution in [0.15, 0.2) is 42.9 Å². The van der Waals surface area contributed by atoms with Crippen molar-refractivity contribution in [2.24, 2.45) is 0 Å². The minimum absolute atomic E-state index is 0.0517. The van der Waals surface area contributed by atoms with Gasteiger partial charge in [-0.25, -0.2) is 9.97 Å². The van der Waals surface area contributed by atoms with Crippen molar-refractivity contribution in [3.8, 4) is 17.3 Å². The van der Waals surface area contributed by atoms with E-state index in [1.165, 1.54) is 6.33 Å². The van der Waals surface area contributed by atoms with Crippen LogP contribution in [0.2, 0.25) is 0 Å². The van der Waals surface area contributed by atoms with Crippen molar-refractivity contribution in [1.29, 1.82) is 0 Å². The number of carbonyl (C=O) groups is 1. The van der Waals surface area contributed by atoms with Crippen LogP contribution >= 0.6 is 0 Å². The Labute approximate surface area is 157 Å². The Morgan fingerprint density at radius 2 is 2.07 bits per heavy atom. The average molecular weight is 374 g/mol. The van der Waals surface area contributed by atoms with E-state index in [2.05, 4.69) is 40.7 Å². The number of aromatic nitrogens is 9. The molecular weight excluding hydrogens is 360 g/mol. The fraction of sp³-hybridized carbons (Fsp3) is 0.118. The van der Waals surface area contributed by atoms with Gasteiger partial charge in [-0.1, -0.05) is 0 Å². The van der Waals surface area contributed by atoms with Gasteiger partial charge in [0.2, 0.25) is 5.91 Å². The summed E-state index contributed by atoms with van der Waals surface area (Å²) >= 11 is 0. The van der Waals surface area contributed by atoms with Crippen LogP contribution in [0.3, 0.4) is 0 Å². The zero-order chi connectivity index (χ0) is 19.1. The standard InChI is InChI=1S/C17H14N10O/c1-18-15(28)8-12-22-17(11-3-2-10-6-7-19-16(10)21-11)27(24-12)14-5-4-13-23-20-9-26(13)25-14/h2-7,9H,8H2,1H3,(H,18,28)(H,19,21). The van der Waals surface area contributed by atoms with Gasteiger partial charge in [-0.3, -0.25) is 4.79 Å². The Bertz CT molecular complexity index is 1220. The second-order valence-electron chi connectivity index (χ2n) is 6.05. The Hall–Kier alpha value is -4.15. The number of nitrogens with zero attached hydrogens (tertiary/aromatic N) is 8. The van der Waals surface area contributed by atoms with E-state index >= 15 is 0 Å². The maximum absolute atomic E-state index is 11.8. The van der Waals surface area contributed by atoms with E-state index in [1.54, 1.807) is 28.4 Å². The summed E-state index contributed by atoms with van der Waals surface area (Å²) in [5.41, 5.74) is 1.96. The van der Waals surface area contributed by atoms with E-state index in [0.29, 0.717) is 28.8 Å².